The van der Waals surface area contributed by atoms with Crippen LogP contribution in [0, 0.1) is 11.6 Å². The number of benzene rings is 2. The van der Waals surface area contributed by atoms with Crippen molar-refractivity contribution in [2.75, 3.05) is 5.32 Å². The van der Waals surface area contributed by atoms with Gasteiger partial charge in [0.1, 0.15) is 11.6 Å². The molecule has 0 aliphatic rings. The Morgan fingerprint density at radius 2 is 1.63 bits per heavy atom. The highest BCUT2D eigenvalue weighted by Crippen LogP contribution is 2.23. The van der Waals surface area contributed by atoms with Gasteiger partial charge >= 0.3 is 11.2 Å². The molecular weight excluding hydrogens is 376 g/mol. The van der Waals surface area contributed by atoms with Crippen molar-refractivity contribution < 1.29 is 21.6 Å². The predicted molar refractivity (Wildman–Crippen MR) is 95.3 cm³/mol. The summed E-state index contributed by atoms with van der Waals surface area (Å²) in [5.74, 6) is -0.825. The average Bonchev–Trinajstić information content (AvgIpc) is 3.12. The molecule has 0 fully saturated rings. The van der Waals surface area contributed by atoms with Gasteiger partial charge in [0.2, 0.25) is 9.84 Å². The number of sulfone groups is 1. The number of nitrogens with zero attached hydrogens (tertiary/aromatic N) is 2. The second kappa shape index (κ2) is 7.67. The van der Waals surface area contributed by atoms with Gasteiger partial charge in [-0.1, -0.05) is 28.4 Å². The lowest BCUT2D eigenvalue weighted by atomic mass is 10.1. The Morgan fingerprint density at radius 1 is 1.04 bits per heavy atom. The van der Waals surface area contributed by atoms with Crippen LogP contribution in [0.5, 0.6) is 0 Å². The first kappa shape index (κ1) is 18.7. The Bertz CT molecular complexity index is 1030. The Kier molecular flexibility index (Phi) is 5.31. The van der Waals surface area contributed by atoms with E-state index in [0.717, 1.165) is 0 Å². The number of nitrogens with one attached hydrogen (secondary N) is 1. The smallest absolute Gasteiger partial charge is 0.337 e. The molecule has 0 saturated heterocycles. The molecule has 2 aromatic carbocycles. The summed E-state index contributed by atoms with van der Waals surface area (Å²) in [7, 11) is -3.99. The minimum atomic E-state index is -3.99. The first-order valence-corrected chi connectivity index (χ1v) is 9.40. The van der Waals surface area contributed by atoms with E-state index in [-0.39, 0.29) is 12.4 Å². The van der Waals surface area contributed by atoms with Gasteiger partial charge in [-0.2, -0.15) is 0 Å². The summed E-state index contributed by atoms with van der Waals surface area (Å²) < 4.78 is 56.6. The number of anilines is 2. The summed E-state index contributed by atoms with van der Waals surface area (Å²) >= 11 is 0. The molecule has 6 nitrogen and oxygen atoms in total. The molecule has 1 atom stereocenters. The van der Waals surface area contributed by atoms with E-state index in [2.05, 4.69) is 22.1 Å². The molecule has 0 amide bonds. The molecular formula is C18H15F2N3O3S. The van der Waals surface area contributed by atoms with Crippen molar-refractivity contribution in [3.05, 3.63) is 78.4 Å². The Morgan fingerprint density at radius 3 is 2.22 bits per heavy atom. The molecule has 3 aromatic rings. The molecule has 1 N–H and O–H groups in total. The van der Waals surface area contributed by atoms with Crippen molar-refractivity contribution in [3.8, 4) is 0 Å². The molecule has 0 aliphatic heterocycles. The third-order valence-electron chi connectivity index (χ3n) is 3.76. The maximum Gasteiger partial charge on any atom is 0.337 e. The van der Waals surface area contributed by atoms with E-state index in [1.807, 2.05) is 0 Å². The van der Waals surface area contributed by atoms with E-state index in [4.69, 9.17) is 4.42 Å². The molecule has 1 heterocycles. The van der Waals surface area contributed by atoms with Crippen LogP contribution in [-0.4, -0.2) is 23.9 Å². The van der Waals surface area contributed by atoms with Gasteiger partial charge in [0.25, 0.3) is 0 Å². The summed E-state index contributed by atoms with van der Waals surface area (Å²) in [6.45, 7) is 3.56. The van der Waals surface area contributed by atoms with E-state index >= 15 is 0 Å². The lowest BCUT2D eigenvalue weighted by molar-refractivity contribution is 0.439. The number of rotatable bonds is 7. The Labute approximate surface area is 154 Å². The van der Waals surface area contributed by atoms with Crippen LogP contribution in [0.3, 0.4) is 0 Å². The molecule has 140 valence electrons. The van der Waals surface area contributed by atoms with Crippen molar-refractivity contribution in [1.82, 2.24) is 10.2 Å². The van der Waals surface area contributed by atoms with Crippen LogP contribution < -0.4 is 5.32 Å². The van der Waals surface area contributed by atoms with Gasteiger partial charge in [-0.25, -0.2) is 17.2 Å². The third-order valence-corrected chi connectivity index (χ3v) is 5.56. The highest BCUT2D eigenvalue weighted by molar-refractivity contribution is 7.92. The third kappa shape index (κ3) is 4.37. The molecule has 3 rings (SSSR count). The Balaban J connectivity index is 1.78. The normalized spacial score (nSPS) is 12.5. The fraction of sp³-hybridized carbons (Fsp3) is 0.111. The van der Waals surface area contributed by atoms with Crippen LogP contribution in [0.4, 0.5) is 20.5 Å². The summed E-state index contributed by atoms with van der Waals surface area (Å²) in [6.07, 6.45) is 1.34. The van der Waals surface area contributed by atoms with Crippen LogP contribution in [0.1, 0.15) is 5.56 Å². The maximum atomic E-state index is 13.0. The van der Waals surface area contributed by atoms with Crippen LogP contribution >= 0.6 is 0 Å². The molecule has 0 aliphatic carbocycles. The molecule has 1 unspecified atom stereocenters. The monoisotopic (exact) mass is 391 g/mol. The summed E-state index contributed by atoms with van der Waals surface area (Å²) in [5, 5.41) is 8.33. The standard InChI is InChI=1S/C18H15F2N3O3S/c1-2-16(11-12-3-5-13(19)6-4-12)27(24,25)18-23-22-17(26-18)21-15-9-7-14(20)8-10-15/h2-10,16H,1,11H2,(H,21,22). The van der Waals surface area contributed by atoms with Gasteiger partial charge in [-0.15, -0.1) is 6.58 Å². The van der Waals surface area contributed by atoms with Crippen LogP contribution in [-0.2, 0) is 16.3 Å². The van der Waals surface area contributed by atoms with Crippen molar-refractivity contribution >= 4 is 21.5 Å². The van der Waals surface area contributed by atoms with E-state index < -0.39 is 31.9 Å². The fourth-order valence-corrected chi connectivity index (χ4v) is 3.61. The summed E-state index contributed by atoms with van der Waals surface area (Å²) in [5.41, 5.74) is 1.07. The zero-order valence-electron chi connectivity index (χ0n) is 14.0. The summed E-state index contributed by atoms with van der Waals surface area (Å²) in [6, 6.07) is 10.7. The highest BCUT2D eigenvalue weighted by Gasteiger charge is 2.31. The van der Waals surface area contributed by atoms with Crippen molar-refractivity contribution in [2.45, 2.75) is 16.9 Å². The first-order chi connectivity index (χ1) is 12.9. The van der Waals surface area contributed by atoms with Gasteiger partial charge in [0, 0.05) is 5.69 Å². The minimum Gasteiger partial charge on any atom is -0.394 e. The molecule has 1 aromatic heterocycles. The molecule has 27 heavy (non-hydrogen) atoms. The molecule has 0 radical (unpaired) electrons. The minimum absolute atomic E-state index is 0.0786. The van der Waals surface area contributed by atoms with Crippen LogP contribution in [0.25, 0.3) is 0 Å². The van der Waals surface area contributed by atoms with Gasteiger partial charge in [0.15, 0.2) is 0 Å². The second-order valence-corrected chi connectivity index (χ2v) is 7.70. The molecule has 0 spiro atoms. The lowest BCUT2D eigenvalue weighted by Gasteiger charge is -2.11. The quantitative estimate of drug-likeness (QED) is 0.619. The van der Waals surface area contributed by atoms with Gasteiger partial charge in [-0.05, 0) is 48.4 Å². The number of halogens is 2. The molecule has 9 heteroatoms. The van der Waals surface area contributed by atoms with E-state index in [0.29, 0.717) is 11.3 Å². The van der Waals surface area contributed by atoms with E-state index in [9.17, 15) is 17.2 Å². The predicted octanol–water partition coefficient (Wildman–Crippen LogP) is 3.66. The fourth-order valence-electron chi connectivity index (χ4n) is 2.33. The van der Waals surface area contributed by atoms with Gasteiger partial charge in [-0.3, -0.25) is 0 Å². The van der Waals surface area contributed by atoms with Crippen LogP contribution in [0.15, 0.2) is 70.8 Å². The molecule has 0 bridgehead atoms. The number of hydrogen-bond donors (Lipinski definition) is 1. The largest absolute Gasteiger partial charge is 0.394 e. The zero-order valence-corrected chi connectivity index (χ0v) is 14.8. The first-order valence-electron chi connectivity index (χ1n) is 7.85. The van der Waals surface area contributed by atoms with E-state index in [1.165, 1.54) is 54.6 Å². The van der Waals surface area contributed by atoms with Crippen molar-refractivity contribution in [3.63, 3.8) is 0 Å². The van der Waals surface area contributed by atoms with Crippen LogP contribution in [0.2, 0.25) is 0 Å². The Hall–Kier alpha value is -3.07. The van der Waals surface area contributed by atoms with Crippen molar-refractivity contribution in [2.24, 2.45) is 0 Å². The topological polar surface area (TPSA) is 85.1 Å². The number of aromatic nitrogens is 2. The average molecular weight is 391 g/mol. The summed E-state index contributed by atoms with van der Waals surface area (Å²) in [4.78, 5) is 0. The SMILES string of the molecule is C=CC(Cc1ccc(F)cc1)S(=O)(=O)c1nnc(Nc2ccc(F)cc2)o1. The van der Waals surface area contributed by atoms with Gasteiger partial charge in [0.05, 0.1) is 5.25 Å². The van der Waals surface area contributed by atoms with Gasteiger partial charge < -0.3 is 9.73 Å². The lowest BCUT2D eigenvalue weighted by Crippen LogP contribution is -2.22. The van der Waals surface area contributed by atoms with E-state index in [1.54, 1.807) is 0 Å². The number of hydrogen-bond acceptors (Lipinski definition) is 6. The molecule has 0 saturated carbocycles. The second-order valence-electron chi connectivity index (χ2n) is 5.65. The zero-order chi connectivity index (χ0) is 19.4. The van der Waals surface area contributed by atoms with Crippen molar-refractivity contribution in [1.29, 1.82) is 0 Å². The maximum absolute atomic E-state index is 13.0. The highest BCUT2D eigenvalue weighted by atomic mass is 32.2.